The monoisotopic (exact) mass is 424 g/mol. The molecular weight excluding hydrogens is 404 g/mol. The van der Waals surface area contributed by atoms with Crippen LogP contribution >= 0.6 is 0 Å². The molecule has 4 rings (SSSR count). The van der Waals surface area contributed by atoms with Gasteiger partial charge in [-0.3, -0.25) is 9.78 Å². The van der Waals surface area contributed by atoms with Crippen molar-refractivity contribution >= 4 is 21.6 Å². The molecule has 2 N–H and O–H groups in total. The first-order chi connectivity index (χ1) is 14.5. The zero-order valence-electron chi connectivity index (χ0n) is 16.0. The number of nitrogens with zero attached hydrogens (tertiary/aromatic N) is 2. The smallest absolute Gasteiger partial charge is 0.255 e. The van der Waals surface area contributed by atoms with Gasteiger partial charge in [0.1, 0.15) is 5.75 Å². The number of anilines is 1. The molecule has 0 saturated heterocycles. The molecule has 0 spiro atoms. The van der Waals surface area contributed by atoms with Crippen molar-refractivity contribution < 1.29 is 17.9 Å². The summed E-state index contributed by atoms with van der Waals surface area (Å²) in [6.45, 7) is 0.428. The Hall–Kier alpha value is -3.30. The van der Waals surface area contributed by atoms with E-state index >= 15 is 0 Å². The van der Waals surface area contributed by atoms with Crippen molar-refractivity contribution in [2.45, 2.75) is 17.7 Å². The van der Waals surface area contributed by atoms with E-state index in [1.807, 2.05) is 0 Å². The van der Waals surface area contributed by atoms with Gasteiger partial charge in [0.05, 0.1) is 11.1 Å². The third-order valence-electron chi connectivity index (χ3n) is 4.52. The Morgan fingerprint density at radius 3 is 2.70 bits per heavy atom. The maximum absolute atomic E-state index is 12.6. The van der Waals surface area contributed by atoms with Crippen LogP contribution in [-0.4, -0.2) is 30.8 Å². The SMILES string of the molecule is O=C(Nc1cccc(Oc2cnccn2)c1)c1cccc(S(=O)(=O)NCC2CC2)c1. The predicted molar refractivity (Wildman–Crippen MR) is 111 cm³/mol. The van der Waals surface area contributed by atoms with Gasteiger partial charge in [-0.25, -0.2) is 18.1 Å². The van der Waals surface area contributed by atoms with E-state index in [1.54, 1.807) is 42.6 Å². The highest BCUT2D eigenvalue weighted by Gasteiger charge is 2.24. The van der Waals surface area contributed by atoms with Gasteiger partial charge < -0.3 is 10.1 Å². The summed E-state index contributed by atoms with van der Waals surface area (Å²) < 4.78 is 33.1. The van der Waals surface area contributed by atoms with Gasteiger partial charge >= 0.3 is 0 Å². The van der Waals surface area contributed by atoms with E-state index in [9.17, 15) is 13.2 Å². The molecule has 2 aromatic carbocycles. The average molecular weight is 424 g/mol. The summed E-state index contributed by atoms with van der Waals surface area (Å²) in [6.07, 6.45) is 6.63. The lowest BCUT2D eigenvalue weighted by Crippen LogP contribution is -2.26. The Bertz CT molecular complexity index is 1150. The molecule has 0 aliphatic heterocycles. The van der Waals surface area contributed by atoms with Gasteiger partial charge in [0.25, 0.3) is 5.91 Å². The van der Waals surface area contributed by atoms with E-state index in [-0.39, 0.29) is 10.5 Å². The van der Waals surface area contributed by atoms with Crippen LogP contribution in [-0.2, 0) is 10.0 Å². The van der Waals surface area contributed by atoms with Gasteiger partial charge in [-0.2, -0.15) is 0 Å². The maximum atomic E-state index is 12.6. The predicted octanol–water partition coefficient (Wildman–Crippen LogP) is 3.21. The zero-order valence-corrected chi connectivity index (χ0v) is 16.8. The molecule has 1 saturated carbocycles. The van der Waals surface area contributed by atoms with Crippen LogP contribution in [0.15, 0.2) is 72.0 Å². The van der Waals surface area contributed by atoms with Crippen molar-refractivity contribution in [2.24, 2.45) is 5.92 Å². The van der Waals surface area contributed by atoms with Crippen LogP contribution in [0.2, 0.25) is 0 Å². The first kappa shape index (κ1) is 20.0. The minimum absolute atomic E-state index is 0.0653. The molecular formula is C21H20N4O4S. The fourth-order valence-corrected chi connectivity index (χ4v) is 3.90. The van der Waals surface area contributed by atoms with Gasteiger partial charge in [0.15, 0.2) is 0 Å². The molecule has 9 heteroatoms. The molecule has 1 aliphatic carbocycles. The van der Waals surface area contributed by atoms with Crippen LogP contribution in [0.4, 0.5) is 5.69 Å². The molecule has 1 amide bonds. The van der Waals surface area contributed by atoms with Crippen molar-refractivity contribution in [3.8, 4) is 11.6 Å². The molecule has 154 valence electrons. The third kappa shape index (κ3) is 5.19. The number of carbonyl (C=O) groups excluding carboxylic acids is 1. The van der Waals surface area contributed by atoms with Crippen molar-refractivity contribution in [3.05, 3.63) is 72.7 Å². The van der Waals surface area contributed by atoms with Crippen LogP contribution in [0.5, 0.6) is 11.6 Å². The number of rotatable bonds is 8. The largest absolute Gasteiger partial charge is 0.437 e. The first-order valence-electron chi connectivity index (χ1n) is 9.45. The number of carbonyl (C=O) groups is 1. The fraction of sp³-hybridized carbons (Fsp3) is 0.190. The molecule has 1 fully saturated rings. The Morgan fingerprint density at radius 2 is 1.93 bits per heavy atom. The molecule has 1 heterocycles. The van der Waals surface area contributed by atoms with Gasteiger partial charge in [-0.1, -0.05) is 12.1 Å². The second kappa shape index (κ2) is 8.60. The number of sulfonamides is 1. The van der Waals surface area contributed by atoms with Crippen molar-refractivity contribution in [2.75, 3.05) is 11.9 Å². The Balaban J connectivity index is 1.45. The van der Waals surface area contributed by atoms with E-state index < -0.39 is 15.9 Å². The van der Waals surface area contributed by atoms with E-state index in [0.29, 0.717) is 29.8 Å². The van der Waals surface area contributed by atoms with Crippen LogP contribution in [0.1, 0.15) is 23.2 Å². The molecule has 1 aromatic heterocycles. The summed E-state index contributed by atoms with van der Waals surface area (Å²) in [6, 6.07) is 12.8. The van der Waals surface area contributed by atoms with Crippen LogP contribution in [0.25, 0.3) is 0 Å². The lowest BCUT2D eigenvalue weighted by molar-refractivity contribution is 0.102. The number of benzene rings is 2. The number of amides is 1. The third-order valence-corrected chi connectivity index (χ3v) is 5.94. The van der Waals surface area contributed by atoms with Crippen molar-refractivity contribution in [1.82, 2.24) is 14.7 Å². The first-order valence-corrected chi connectivity index (χ1v) is 10.9. The van der Waals surface area contributed by atoms with Gasteiger partial charge in [-0.15, -0.1) is 0 Å². The lowest BCUT2D eigenvalue weighted by Gasteiger charge is -2.10. The molecule has 30 heavy (non-hydrogen) atoms. The van der Waals surface area contributed by atoms with E-state index in [1.165, 1.54) is 24.5 Å². The molecule has 0 bridgehead atoms. The Kier molecular flexibility index (Phi) is 5.73. The summed E-state index contributed by atoms with van der Waals surface area (Å²) in [7, 11) is -3.65. The summed E-state index contributed by atoms with van der Waals surface area (Å²) in [5.41, 5.74) is 0.742. The summed E-state index contributed by atoms with van der Waals surface area (Å²) in [4.78, 5) is 20.7. The standard InChI is InChI=1S/C21H20N4O4S/c26-21(16-3-1-6-19(11-16)30(27,28)24-13-15-7-8-15)25-17-4-2-5-18(12-17)29-20-14-22-9-10-23-20/h1-6,9-12,14-15,24H,7-8,13H2,(H,25,26). The number of hydrogen-bond acceptors (Lipinski definition) is 6. The van der Waals surface area contributed by atoms with Gasteiger partial charge in [0.2, 0.25) is 15.9 Å². The Labute approximate surface area is 174 Å². The Morgan fingerprint density at radius 1 is 1.10 bits per heavy atom. The van der Waals surface area contributed by atoms with E-state index in [0.717, 1.165) is 12.8 Å². The summed E-state index contributed by atoms with van der Waals surface area (Å²) >= 11 is 0. The highest BCUT2D eigenvalue weighted by molar-refractivity contribution is 7.89. The second-order valence-corrected chi connectivity index (χ2v) is 8.72. The topological polar surface area (TPSA) is 110 Å². The summed E-state index contributed by atoms with van der Waals surface area (Å²) in [5, 5.41) is 2.75. The van der Waals surface area contributed by atoms with Crippen molar-refractivity contribution in [1.29, 1.82) is 0 Å². The van der Waals surface area contributed by atoms with Gasteiger partial charge in [0, 0.05) is 36.3 Å². The normalized spacial score (nSPS) is 13.6. The second-order valence-electron chi connectivity index (χ2n) is 6.95. The number of aromatic nitrogens is 2. The molecule has 3 aromatic rings. The van der Waals surface area contributed by atoms with E-state index in [2.05, 4.69) is 20.0 Å². The van der Waals surface area contributed by atoms with E-state index in [4.69, 9.17) is 4.74 Å². The highest BCUT2D eigenvalue weighted by Crippen LogP contribution is 2.28. The van der Waals surface area contributed by atoms with Crippen LogP contribution in [0, 0.1) is 5.92 Å². The molecule has 0 unspecified atom stereocenters. The summed E-state index contributed by atoms with van der Waals surface area (Å²) in [5.74, 6) is 0.806. The molecule has 0 radical (unpaired) electrons. The molecule has 1 aliphatic rings. The maximum Gasteiger partial charge on any atom is 0.255 e. The van der Waals surface area contributed by atoms with Crippen molar-refractivity contribution in [3.63, 3.8) is 0 Å². The quantitative estimate of drug-likeness (QED) is 0.575. The van der Waals surface area contributed by atoms with Gasteiger partial charge in [-0.05, 0) is 49.1 Å². The average Bonchev–Trinajstić information content (AvgIpc) is 3.58. The molecule has 0 atom stereocenters. The number of hydrogen-bond donors (Lipinski definition) is 2. The van der Waals surface area contributed by atoms with Crippen LogP contribution < -0.4 is 14.8 Å². The number of ether oxygens (including phenoxy) is 1. The molecule has 8 nitrogen and oxygen atoms in total. The minimum Gasteiger partial charge on any atom is -0.437 e. The van der Waals surface area contributed by atoms with Crippen LogP contribution in [0.3, 0.4) is 0 Å². The lowest BCUT2D eigenvalue weighted by atomic mass is 10.2. The number of nitrogens with one attached hydrogen (secondary N) is 2. The fourth-order valence-electron chi connectivity index (χ4n) is 2.74. The highest BCUT2D eigenvalue weighted by atomic mass is 32.2. The zero-order chi connectivity index (χ0) is 21.0. The minimum atomic E-state index is -3.65.